The van der Waals surface area contributed by atoms with E-state index in [0.717, 1.165) is 16.0 Å². The molecule has 0 fully saturated rings. The first-order valence-corrected chi connectivity index (χ1v) is 7.50. The molecule has 0 saturated carbocycles. The van der Waals surface area contributed by atoms with Crippen molar-refractivity contribution in [1.82, 2.24) is 5.32 Å². The highest BCUT2D eigenvalue weighted by Crippen LogP contribution is 2.28. The molecule has 1 aromatic carbocycles. The zero-order valence-corrected chi connectivity index (χ0v) is 13.2. The quantitative estimate of drug-likeness (QED) is 0.893. The molecule has 0 spiro atoms. The maximum absolute atomic E-state index is 12.2. The number of methoxy groups -OCH3 is 1. The summed E-state index contributed by atoms with van der Waals surface area (Å²) >= 11 is 1.38. The molecule has 1 heterocycles. The van der Waals surface area contributed by atoms with Gasteiger partial charge in [0.25, 0.3) is 5.91 Å². The maximum Gasteiger partial charge on any atom is 0.265 e. The lowest BCUT2D eigenvalue weighted by Gasteiger charge is -2.14. The highest BCUT2D eigenvalue weighted by molar-refractivity contribution is 7.14. The predicted octanol–water partition coefficient (Wildman–Crippen LogP) is 2.84. The second kappa shape index (κ2) is 6.74. The van der Waals surface area contributed by atoms with Crippen LogP contribution in [-0.2, 0) is 0 Å². The normalized spacial score (nSPS) is 12.0. The van der Waals surface area contributed by atoms with E-state index in [1.165, 1.54) is 11.3 Å². The first kappa shape index (κ1) is 15.5. The van der Waals surface area contributed by atoms with Gasteiger partial charge in [0.05, 0.1) is 13.2 Å². The van der Waals surface area contributed by atoms with E-state index in [1.54, 1.807) is 7.11 Å². The van der Waals surface area contributed by atoms with Crippen LogP contribution >= 0.6 is 11.3 Å². The van der Waals surface area contributed by atoms with E-state index in [2.05, 4.69) is 5.32 Å². The van der Waals surface area contributed by atoms with Crippen LogP contribution in [0.25, 0.3) is 0 Å². The molecule has 0 aliphatic heterocycles. The number of hydrogen-bond donors (Lipinski definition) is 2. The molecule has 4 nitrogen and oxygen atoms in total. The van der Waals surface area contributed by atoms with Crippen molar-refractivity contribution in [2.45, 2.75) is 20.0 Å². The number of amides is 1. The lowest BCUT2D eigenvalue weighted by molar-refractivity contribution is 0.0917. The molecule has 0 bridgehead atoms. The van der Waals surface area contributed by atoms with Crippen molar-refractivity contribution in [1.29, 1.82) is 0 Å². The third kappa shape index (κ3) is 3.62. The van der Waals surface area contributed by atoms with Crippen LogP contribution in [0.15, 0.2) is 30.3 Å². The van der Waals surface area contributed by atoms with Crippen LogP contribution < -0.4 is 10.1 Å². The summed E-state index contributed by atoms with van der Waals surface area (Å²) in [5, 5.41) is 12.9. The Morgan fingerprint density at radius 3 is 2.76 bits per heavy atom. The maximum atomic E-state index is 12.2. The van der Waals surface area contributed by atoms with E-state index in [1.807, 2.05) is 44.2 Å². The molecule has 1 aromatic heterocycles. The lowest BCUT2D eigenvalue weighted by Crippen LogP contribution is -2.28. The fourth-order valence-electron chi connectivity index (χ4n) is 2.14. The Kier molecular flexibility index (Phi) is 4.98. The Morgan fingerprint density at radius 1 is 1.38 bits per heavy atom. The molecule has 2 aromatic rings. The van der Waals surface area contributed by atoms with Crippen molar-refractivity contribution in [2.75, 3.05) is 13.7 Å². The van der Waals surface area contributed by atoms with Crippen molar-refractivity contribution in [3.63, 3.8) is 0 Å². The lowest BCUT2D eigenvalue weighted by atomic mass is 10.0. The smallest absolute Gasteiger partial charge is 0.265 e. The average Bonchev–Trinajstić information content (AvgIpc) is 2.86. The van der Waals surface area contributed by atoms with Crippen molar-refractivity contribution < 1.29 is 14.6 Å². The summed E-state index contributed by atoms with van der Waals surface area (Å²) in [7, 11) is 1.54. The highest BCUT2D eigenvalue weighted by atomic mass is 32.1. The number of carbonyl (C=O) groups excluding carboxylic acids is 1. The SMILES string of the molecule is COc1cc(C)sc1C(=O)NCC(O)c1ccccc1C. The summed E-state index contributed by atoms with van der Waals surface area (Å²) in [6, 6.07) is 9.42. The molecular weight excluding hydrogens is 286 g/mol. The van der Waals surface area contributed by atoms with E-state index in [-0.39, 0.29) is 12.5 Å². The van der Waals surface area contributed by atoms with Gasteiger partial charge in [-0.1, -0.05) is 24.3 Å². The summed E-state index contributed by atoms with van der Waals surface area (Å²) in [6.45, 7) is 4.03. The second-order valence-corrected chi connectivity index (χ2v) is 6.09. The first-order valence-electron chi connectivity index (χ1n) is 6.69. The zero-order chi connectivity index (χ0) is 15.4. The van der Waals surface area contributed by atoms with E-state index in [4.69, 9.17) is 4.74 Å². The molecule has 0 saturated heterocycles. The number of rotatable bonds is 5. The average molecular weight is 305 g/mol. The molecule has 0 aliphatic rings. The highest BCUT2D eigenvalue weighted by Gasteiger charge is 2.17. The fourth-order valence-corrected chi connectivity index (χ4v) is 3.04. The molecule has 1 unspecified atom stereocenters. The van der Waals surface area contributed by atoms with Gasteiger partial charge in [-0.3, -0.25) is 4.79 Å². The van der Waals surface area contributed by atoms with Crippen LogP contribution in [0.2, 0.25) is 0 Å². The minimum Gasteiger partial charge on any atom is -0.495 e. The number of aliphatic hydroxyl groups is 1. The zero-order valence-electron chi connectivity index (χ0n) is 12.3. The summed E-state index contributed by atoms with van der Waals surface area (Å²) in [5.74, 6) is 0.345. The van der Waals surface area contributed by atoms with E-state index >= 15 is 0 Å². The molecule has 1 amide bonds. The van der Waals surface area contributed by atoms with E-state index < -0.39 is 6.10 Å². The number of benzene rings is 1. The van der Waals surface area contributed by atoms with Crippen LogP contribution in [0.4, 0.5) is 0 Å². The molecule has 21 heavy (non-hydrogen) atoms. The molecule has 5 heteroatoms. The largest absolute Gasteiger partial charge is 0.495 e. The van der Waals surface area contributed by atoms with Gasteiger partial charge in [-0.15, -0.1) is 11.3 Å². The summed E-state index contributed by atoms with van der Waals surface area (Å²) in [4.78, 5) is 13.7. The van der Waals surface area contributed by atoms with Crippen LogP contribution in [0.5, 0.6) is 5.75 Å². The molecule has 0 aliphatic carbocycles. The van der Waals surface area contributed by atoms with Crippen molar-refractivity contribution in [2.24, 2.45) is 0 Å². The Balaban J connectivity index is 2.02. The third-order valence-corrected chi connectivity index (χ3v) is 4.28. The Bertz CT molecular complexity index is 636. The second-order valence-electron chi connectivity index (χ2n) is 4.84. The number of hydrogen-bond acceptors (Lipinski definition) is 4. The molecule has 1 atom stereocenters. The monoisotopic (exact) mass is 305 g/mol. The minimum atomic E-state index is -0.720. The van der Waals surface area contributed by atoms with E-state index in [9.17, 15) is 9.90 Å². The number of nitrogens with one attached hydrogen (secondary N) is 1. The van der Waals surface area contributed by atoms with Gasteiger partial charge in [-0.05, 0) is 31.0 Å². The topological polar surface area (TPSA) is 58.6 Å². The van der Waals surface area contributed by atoms with Gasteiger partial charge in [-0.25, -0.2) is 0 Å². The van der Waals surface area contributed by atoms with Gasteiger partial charge in [0, 0.05) is 11.4 Å². The van der Waals surface area contributed by atoms with Crippen molar-refractivity contribution in [3.05, 3.63) is 51.2 Å². The number of aryl methyl sites for hydroxylation is 2. The first-order chi connectivity index (χ1) is 10.0. The van der Waals surface area contributed by atoms with Gasteiger partial charge >= 0.3 is 0 Å². The number of carbonyl (C=O) groups is 1. The van der Waals surface area contributed by atoms with Gasteiger partial charge < -0.3 is 15.2 Å². The molecule has 112 valence electrons. The van der Waals surface area contributed by atoms with Gasteiger partial charge in [0.1, 0.15) is 10.6 Å². The Hall–Kier alpha value is -1.85. The summed E-state index contributed by atoms with van der Waals surface area (Å²) in [6.07, 6.45) is -0.720. The van der Waals surface area contributed by atoms with Gasteiger partial charge in [0.15, 0.2) is 0 Å². The third-order valence-electron chi connectivity index (χ3n) is 3.25. The molecule has 2 N–H and O–H groups in total. The molecule has 0 radical (unpaired) electrons. The minimum absolute atomic E-state index is 0.170. The van der Waals surface area contributed by atoms with Crippen LogP contribution in [-0.4, -0.2) is 24.7 Å². The Morgan fingerprint density at radius 2 is 2.10 bits per heavy atom. The van der Waals surface area contributed by atoms with E-state index in [0.29, 0.717) is 10.6 Å². The van der Waals surface area contributed by atoms with Gasteiger partial charge in [-0.2, -0.15) is 0 Å². The summed E-state index contributed by atoms with van der Waals surface area (Å²) in [5.41, 5.74) is 1.83. The number of aliphatic hydroxyl groups excluding tert-OH is 1. The van der Waals surface area contributed by atoms with Crippen molar-refractivity contribution >= 4 is 17.2 Å². The number of thiophene rings is 1. The van der Waals surface area contributed by atoms with Crippen LogP contribution in [0, 0.1) is 13.8 Å². The van der Waals surface area contributed by atoms with Gasteiger partial charge in [0.2, 0.25) is 0 Å². The fraction of sp³-hybridized carbons (Fsp3) is 0.312. The van der Waals surface area contributed by atoms with Crippen LogP contribution in [0.3, 0.4) is 0 Å². The molecule has 2 rings (SSSR count). The molecular formula is C16H19NO3S. The predicted molar refractivity (Wildman–Crippen MR) is 84.1 cm³/mol. The van der Waals surface area contributed by atoms with Crippen LogP contribution in [0.1, 0.15) is 31.8 Å². The Labute approximate surface area is 128 Å². The summed E-state index contributed by atoms with van der Waals surface area (Å²) < 4.78 is 5.18. The van der Waals surface area contributed by atoms with Crippen molar-refractivity contribution in [3.8, 4) is 5.75 Å². The standard InChI is InChI=1S/C16H19NO3S/c1-10-6-4-5-7-12(10)13(18)9-17-16(19)15-14(20-3)8-11(2)21-15/h4-8,13,18H,9H2,1-3H3,(H,17,19). The number of ether oxygens (including phenoxy) is 1.